The summed E-state index contributed by atoms with van der Waals surface area (Å²) in [7, 11) is -0.615. The van der Waals surface area contributed by atoms with E-state index in [4.69, 9.17) is 5.11 Å². The van der Waals surface area contributed by atoms with Crippen LogP contribution in [0.25, 0.3) is 0 Å². The first kappa shape index (κ1) is 16.4. The van der Waals surface area contributed by atoms with E-state index in [2.05, 4.69) is 10.0 Å². The van der Waals surface area contributed by atoms with E-state index in [0.717, 1.165) is 17.4 Å². The predicted molar refractivity (Wildman–Crippen MR) is 73.6 cm³/mol. The van der Waals surface area contributed by atoms with Crippen molar-refractivity contribution in [2.24, 2.45) is 0 Å². The number of carbonyl (C=O) groups is 2. The summed E-state index contributed by atoms with van der Waals surface area (Å²) < 4.78 is 25.9. The highest BCUT2D eigenvalue weighted by Crippen LogP contribution is 2.19. The lowest BCUT2D eigenvalue weighted by Crippen LogP contribution is -2.39. The van der Waals surface area contributed by atoms with Crippen LogP contribution in [0.3, 0.4) is 0 Å². The number of sulfonamides is 1. The molecule has 0 saturated heterocycles. The van der Waals surface area contributed by atoms with Gasteiger partial charge in [0.25, 0.3) is 0 Å². The molecule has 1 aromatic rings. The number of amides is 2. The van der Waals surface area contributed by atoms with Gasteiger partial charge < -0.3 is 15.3 Å². The van der Waals surface area contributed by atoms with Gasteiger partial charge in [-0.15, -0.1) is 11.3 Å². The quantitative estimate of drug-likeness (QED) is 0.638. The largest absolute Gasteiger partial charge is 0.478 e. The van der Waals surface area contributed by atoms with Gasteiger partial charge in [-0.1, -0.05) is 0 Å². The van der Waals surface area contributed by atoms with Gasteiger partial charge in [0.05, 0.1) is 5.56 Å². The molecule has 1 rings (SSSR count). The van der Waals surface area contributed by atoms with Crippen LogP contribution in [0.15, 0.2) is 15.7 Å². The first-order chi connectivity index (χ1) is 9.24. The first-order valence-electron chi connectivity index (χ1n) is 5.50. The van der Waals surface area contributed by atoms with Crippen LogP contribution in [0.1, 0.15) is 10.4 Å². The van der Waals surface area contributed by atoms with Gasteiger partial charge >= 0.3 is 12.0 Å². The van der Waals surface area contributed by atoms with Crippen LogP contribution in [0.5, 0.6) is 0 Å². The lowest BCUT2D eigenvalue weighted by molar-refractivity contribution is 0.0697. The van der Waals surface area contributed by atoms with Gasteiger partial charge in [0.1, 0.15) is 4.21 Å². The summed E-state index contributed by atoms with van der Waals surface area (Å²) in [5.41, 5.74) is -0.0729. The molecule has 0 saturated carbocycles. The lowest BCUT2D eigenvalue weighted by atomic mass is 10.4. The summed E-state index contributed by atoms with van der Waals surface area (Å²) in [6, 6.07) is 0.766. The molecule has 20 heavy (non-hydrogen) atoms. The van der Waals surface area contributed by atoms with Crippen molar-refractivity contribution in [2.75, 3.05) is 27.2 Å². The molecule has 0 spiro atoms. The molecule has 0 aliphatic rings. The molecule has 112 valence electrons. The number of thiophene rings is 1. The molecule has 0 aliphatic heterocycles. The molecule has 0 aliphatic carbocycles. The number of carboxylic acid groups (broad SMARTS) is 1. The van der Waals surface area contributed by atoms with Gasteiger partial charge in [-0.25, -0.2) is 22.7 Å². The summed E-state index contributed by atoms with van der Waals surface area (Å²) >= 11 is 0.827. The predicted octanol–water partition coefficient (Wildman–Crippen LogP) is -0.00420. The minimum atomic E-state index is -3.75. The maximum absolute atomic E-state index is 11.8. The molecule has 1 aromatic heterocycles. The molecule has 1 heterocycles. The van der Waals surface area contributed by atoms with Crippen molar-refractivity contribution in [1.82, 2.24) is 14.9 Å². The third-order valence-electron chi connectivity index (χ3n) is 2.19. The van der Waals surface area contributed by atoms with Gasteiger partial charge in [-0.2, -0.15) is 0 Å². The Balaban J connectivity index is 2.53. The van der Waals surface area contributed by atoms with Gasteiger partial charge in [0, 0.05) is 32.6 Å². The van der Waals surface area contributed by atoms with E-state index in [1.807, 2.05) is 0 Å². The standard InChI is InChI=1S/C10H15N3O5S2/c1-13(2)10(16)11-3-4-12-20(17,18)8-5-7(6-19-8)9(14)15/h5-6,12H,3-4H2,1-2H3,(H,11,16)(H,14,15). The molecule has 0 unspecified atom stereocenters. The number of urea groups is 1. The number of carboxylic acids is 1. The SMILES string of the molecule is CN(C)C(=O)NCCNS(=O)(=O)c1cc(C(=O)O)cs1. The van der Waals surface area contributed by atoms with Crippen molar-refractivity contribution in [3.63, 3.8) is 0 Å². The number of nitrogens with zero attached hydrogens (tertiary/aromatic N) is 1. The molecular weight excluding hydrogens is 306 g/mol. The van der Waals surface area contributed by atoms with Crippen molar-refractivity contribution in [3.05, 3.63) is 17.0 Å². The van der Waals surface area contributed by atoms with E-state index in [1.54, 1.807) is 14.1 Å². The Morgan fingerprint density at radius 2 is 2.00 bits per heavy atom. The summed E-state index contributed by atoms with van der Waals surface area (Å²) in [5, 5.41) is 12.5. The van der Waals surface area contributed by atoms with Crippen LogP contribution in [-0.4, -0.2) is 57.6 Å². The Hall–Kier alpha value is -1.65. The van der Waals surface area contributed by atoms with E-state index >= 15 is 0 Å². The third kappa shape index (κ3) is 4.47. The number of carbonyl (C=O) groups excluding carboxylic acids is 1. The zero-order valence-corrected chi connectivity index (χ0v) is 12.5. The third-order valence-corrected chi connectivity index (χ3v) is 5.09. The maximum Gasteiger partial charge on any atom is 0.336 e. The highest BCUT2D eigenvalue weighted by Gasteiger charge is 2.18. The molecular formula is C10H15N3O5S2. The number of hydrogen-bond donors (Lipinski definition) is 3. The highest BCUT2D eigenvalue weighted by atomic mass is 32.2. The van der Waals surface area contributed by atoms with E-state index in [0.29, 0.717) is 0 Å². The summed E-state index contributed by atoms with van der Waals surface area (Å²) in [6.07, 6.45) is 0. The fourth-order valence-electron chi connectivity index (χ4n) is 1.15. The summed E-state index contributed by atoms with van der Waals surface area (Å²) in [6.45, 7) is 0.148. The normalized spacial score (nSPS) is 11.1. The van der Waals surface area contributed by atoms with Crippen LogP contribution < -0.4 is 10.0 Å². The number of nitrogens with one attached hydrogen (secondary N) is 2. The average Bonchev–Trinajstić information content (AvgIpc) is 2.84. The van der Waals surface area contributed by atoms with Crippen molar-refractivity contribution in [3.8, 4) is 0 Å². The van der Waals surface area contributed by atoms with Crippen molar-refractivity contribution < 1.29 is 23.1 Å². The fraction of sp³-hybridized carbons (Fsp3) is 0.400. The van der Waals surface area contributed by atoms with Gasteiger partial charge in [-0.05, 0) is 6.07 Å². The Morgan fingerprint density at radius 1 is 1.35 bits per heavy atom. The van der Waals surface area contributed by atoms with Gasteiger partial charge in [-0.3, -0.25) is 0 Å². The summed E-state index contributed by atoms with van der Waals surface area (Å²) in [5.74, 6) is -1.18. The van der Waals surface area contributed by atoms with Crippen LogP contribution in [0, 0.1) is 0 Å². The molecule has 0 bridgehead atoms. The van der Waals surface area contributed by atoms with E-state index in [-0.39, 0.29) is 28.9 Å². The van der Waals surface area contributed by atoms with Crippen LogP contribution in [0.4, 0.5) is 4.79 Å². The second kappa shape index (κ2) is 6.68. The van der Waals surface area contributed by atoms with Gasteiger partial charge in [0.15, 0.2) is 0 Å². The minimum absolute atomic E-state index is 0.0161. The molecule has 3 N–H and O–H groups in total. The Kier molecular flexibility index (Phi) is 5.48. The minimum Gasteiger partial charge on any atom is -0.478 e. The van der Waals surface area contributed by atoms with E-state index < -0.39 is 16.0 Å². The monoisotopic (exact) mass is 321 g/mol. The lowest BCUT2D eigenvalue weighted by Gasteiger charge is -2.12. The number of rotatable bonds is 6. The smallest absolute Gasteiger partial charge is 0.336 e. The maximum atomic E-state index is 11.8. The fourth-order valence-corrected chi connectivity index (χ4v) is 3.38. The highest BCUT2D eigenvalue weighted by molar-refractivity contribution is 7.91. The second-order valence-electron chi connectivity index (χ2n) is 3.98. The van der Waals surface area contributed by atoms with Crippen molar-refractivity contribution >= 4 is 33.4 Å². The topological polar surface area (TPSA) is 116 Å². The second-order valence-corrected chi connectivity index (χ2v) is 6.89. The Labute approximate surface area is 120 Å². The van der Waals surface area contributed by atoms with E-state index in [1.165, 1.54) is 10.3 Å². The molecule has 8 nitrogen and oxygen atoms in total. The zero-order valence-electron chi connectivity index (χ0n) is 10.9. The molecule has 0 aromatic carbocycles. The molecule has 0 radical (unpaired) electrons. The van der Waals surface area contributed by atoms with Crippen molar-refractivity contribution in [1.29, 1.82) is 0 Å². The van der Waals surface area contributed by atoms with E-state index in [9.17, 15) is 18.0 Å². The van der Waals surface area contributed by atoms with Crippen LogP contribution >= 0.6 is 11.3 Å². The average molecular weight is 321 g/mol. The molecule has 2 amide bonds. The number of hydrogen-bond acceptors (Lipinski definition) is 5. The zero-order chi connectivity index (χ0) is 15.3. The van der Waals surface area contributed by atoms with Crippen LogP contribution in [-0.2, 0) is 10.0 Å². The molecule has 0 fully saturated rings. The van der Waals surface area contributed by atoms with Gasteiger partial charge in [0.2, 0.25) is 10.0 Å². The summed E-state index contributed by atoms with van der Waals surface area (Å²) in [4.78, 5) is 23.2. The van der Waals surface area contributed by atoms with Crippen molar-refractivity contribution in [2.45, 2.75) is 4.21 Å². The number of aromatic carboxylic acids is 1. The Morgan fingerprint density at radius 3 is 2.50 bits per heavy atom. The molecule has 10 heteroatoms. The molecule has 0 atom stereocenters. The Bertz CT molecular complexity index is 594. The first-order valence-corrected chi connectivity index (χ1v) is 7.87. The van der Waals surface area contributed by atoms with Crippen LogP contribution in [0.2, 0.25) is 0 Å².